The molecule has 2 aliphatic rings. The predicted octanol–water partition coefficient (Wildman–Crippen LogP) is 3.55. The van der Waals surface area contributed by atoms with E-state index in [4.69, 9.17) is 17.0 Å². The summed E-state index contributed by atoms with van der Waals surface area (Å²) in [6, 6.07) is 0. The maximum absolute atomic E-state index is 9.05. The van der Waals surface area contributed by atoms with Gasteiger partial charge in [0.25, 0.3) is 0 Å². The largest absolute Gasteiger partial charge is 0.411 e. The first-order valence-electron chi connectivity index (χ1n) is 6.16. The van der Waals surface area contributed by atoms with Crippen molar-refractivity contribution in [2.45, 2.75) is 69.9 Å². The smallest absolute Gasteiger partial charge is 0.0608 e. The topological polar surface area (TPSA) is 35.8 Å². The maximum Gasteiger partial charge on any atom is 0.0608 e. The Morgan fingerprint density at radius 3 is 2.38 bits per heavy atom. The van der Waals surface area contributed by atoms with Gasteiger partial charge >= 0.3 is 0 Å². The second-order valence-electron chi connectivity index (χ2n) is 5.90. The Morgan fingerprint density at radius 2 is 1.81 bits per heavy atom. The summed E-state index contributed by atoms with van der Waals surface area (Å²) in [5, 5.41) is 12.5. The zero-order chi connectivity index (χ0) is 11.8. The summed E-state index contributed by atoms with van der Waals surface area (Å²) in [5.41, 5.74) is 0.825. The monoisotopic (exact) mass is 244 g/mol. The zero-order valence-corrected chi connectivity index (χ0v) is 10.9. The summed E-state index contributed by atoms with van der Waals surface area (Å²) < 4.78 is 2.02. The van der Waals surface area contributed by atoms with E-state index in [1.807, 2.05) is 4.42 Å². The third kappa shape index (κ3) is 1.95. The normalized spacial score (nSPS) is 32.1. The molecule has 1 heterocycles. The molecule has 0 aromatic carbocycles. The maximum atomic E-state index is 9.05. The van der Waals surface area contributed by atoms with Crippen molar-refractivity contribution in [3.05, 3.63) is 0 Å². The van der Waals surface area contributed by atoms with E-state index in [9.17, 15) is 0 Å². The van der Waals surface area contributed by atoms with Crippen LogP contribution in [0.15, 0.2) is 5.16 Å². The Balaban J connectivity index is 2.28. The lowest BCUT2D eigenvalue weighted by Crippen LogP contribution is -2.59. The highest BCUT2D eigenvalue weighted by Crippen LogP contribution is 2.46. The van der Waals surface area contributed by atoms with Gasteiger partial charge in [-0.1, -0.05) is 24.4 Å². The van der Waals surface area contributed by atoms with Gasteiger partial charge in [-0.05, 0) is 38.5 Å². The van der Waals surface area contributed by atoms with Gasteiger partial charge in [-0.15, -0.1) is 0 Å². The first kappa shape index (κ1) is 12.2. The molecule has 0 aromatic heterocycles. The summed E-state index contributed by atoms with van der Waals surface area (Å²) >= 11 is 6.56. The van der Waals surface area contributed by atoms with Crippen LogP contribution in [0.2, 0.25) is 0 Å². The Kier molecular flexibility index (Phi) is 3.19. The van der Waals surface area contributed by atoms with Gasteiger partial charge in [-0.25, -0.2) is 4.42 Å². The van der Waals surface area contributed by atoms with Crippen LogP contribution in [0.5, 0.6) is 0 Å². The molecule has 1 aliphatic carbocycles. The van der Waals surface area contributed by atoms with E-state index in [-0.39, 0.29) is 11.1 Å². The molecule has 1 saturated carbocycles. The highest BCUT2D eigenvalue weighted by molar-refractivity contribution is 6.15. The lowest BCUT2D eigenvalue weighted by atomic mass is 9.71. The first-order chi connectivity index (χ1) is 7.50. The molecule has 0 radical (unpaired) electrons. The summed E-state index contributed by atoms with van der Waals surface area (Å²) in [6.45, 7) is 4.25. The molecule has 0 atom stereocenters. The lowest BCUT2D eigenvalue weighted by molar-refractivity contribution is 0.0450. The minimum atomic E-state index is -0.112. The molecule has 4 heteroatoms. The SMILES string of the molecule is CC1(C)CC(=NO)CC2(CCCCC2)N1Cl. The quantitative estimate of drug-likeness (QED) is 0.402. The summed E-state index contributed by atoms with van der Waals surface area (Å²) in [5.74, 6) is 0. The van der Waals surface area contributed by atoms with Crippen molar-refractivity contribution < 1.29 is 5.21 Å². The van der Waals surface area contributed by atoms with Crippen LogP contribution < -0.4 is 0 Å². The zero-order valence-electron chi connectivity index (χ0n) is 10.2. The van der Waals surface area contributed by atoms with Crippen molar-refractivity contribution >= 4 is 17.5 Å². The second kappa shape index (κ2) is 4.19. The van der Waals surface area contributed by atoms with Crippen LogP contribution in [-0.2, 0) is 0 Å². The van der Waals surface area contributed by atoms with Crippen LogP contribution in [0.4, 0.5) is 0 Å². The van der Waals surface area contributed by atoms with Gasteiger partial charge in [0.05, 0.1) is 5.71 Å². The number of piperidine rings is 1. The number of rotatable bonds is 0. The molecule has 1 N–H and O–H groups in total. The highest BCUT2D eigenvalue weighted by Gasteiger charge is 2.49. The molecule has 1 saturated heterocycles. The number of halogens is 1. The Hall–Kier alpha value is -0.280. The Morgan fingerprint density at radius 1 is 1.19 bits per heavy atom. The molecule has 2 fully saturated rings. The van der Waals surface area contributed by atoms with E-state index < -0.39 is 0 Å². The predicted molar refractivity (Wildman–Crippen MR) is 66.0 cm³/mol. The fourth-order valence-electron chi connectivity index (χ4n) is 3.38. The van der Waals surface area contributed by atoms with Crippen molar-refractivity contribution in [1.82, 2.24) is 4.42 Å². The standard InChI is InChI=1S/C12H21ClN2O/c1-11(2)8-10(14-16)9-12(15(11)13)6-4-3-5-7-12/h16H,3-9H2,1-2H3. The number of hydrogen-bond donors (Lipinski definition) is 1. The Labute approximate surface area is 103 Å². The van der Waals surface area contributed by atoms with Crippen LogP contribution in [-0.4, -0.2) is 26.4 Å². The average Bonchev–Trinajstić information content (AvgIpc) is 2.26. The van der Waals surface area contributed by atoms with Crippen molar-refractivity contribution in [3.8, 4) is 0 Å². The second-order valence-corrected chi connectivity index (χ2v) is 6.24. The van der Waals surface area contributed by atoms with Gasteiger partial charge in [-0.2, -0.15) is 0 Å². The van der Waals surface area contributed by atoms with Gasteiger partial charge in [0.1, 0.15) is 0 Å². The molecular formula is C12H21ClN2O. The van der Waals surface area contributed by atoms with Crippen LogP contribution in [0.3, 0.4) is 0 Å². The molecule has 16 heavy (non-hydrogen) atoms. The van der Waals surface area contributed by atoms with Crippen LogP contribution in [0, 0.1) is 0 Å². The minimum absolute atomic E-state index is 0.0309. The summed E-state index contributed by atoms with van der Waals surface area (Å²) in [7, 11) is 0. The van der Waals surface area contributed by atoms with E-state index in [2.05, 4.69) is 19.0 Å². The molecule has 1 aliphatic heterocycles. The van der Waals surface area contributed by atoms with E-state index in [1.165, 1.54) is 19.3 Å². The molecule has 92 valence electrons. The van der Waals surface area contributed by atoms with Crippen LogP contribution >= 0.6 is 11.8 Å². The van der Waals surface area contributed by atoms with E-state index >= 15 is 0 Å². The van der Waals surface area contributed by atoms with Crippen LogP contribution in [0.1, 0.15) is 58.8 Å². The molecule has 0 unspecified atom stereocenters. The van der Waals surface area contributed by atoms with Gasteiger partial charge < -0.3 is 5.21 Å². The first-order valence-corrected chi connectivity index (χ1v) is 6.50. The van der Waals surface area contributed by atoms with Crippen molar-refractivity contribution in [2.75, 3.05) is 0 Å². The molecular weight excluding hydrogens is 224 g/mol. The number of oxime groups is 1. The Bertz CT molecular complexity index is 295. The molecule has 0 aromatic rings. The fraction of sp³-hybridized carbons (Fsp3) is 0.917. The summed E-state index contributed by atoms with van der Waals surface area (Å²) in [4.78, 5) is 0. The average molecular weight is 245 g/mol. The molecule has 3 nitrogen and oxygen atoms in total. The fourth-order valence-corrected chi connectivity index (χ4v) is 3.66. The van der Waals surface area contributed by atoms with Gasteiger partial charge in [0, 0.05) is 23.9 Å². The number of nitrogens with zero attached hydrogens (tertiary/aromatic N) is 2. The van der Waals surface area contributed by atoms with Crippen LogP contribution in [0.25, 0.3) is 0 Å². The van der Waals surface area contributed by atoms with E-state index in [0.29, 0.717) is 0 Å². The third-order valence-corrected chi connectivity index (χ3v) is 4.86. The van der Waals surface area contributed by atoms with Crippen molar-refractivity contribution in [3.63, 3.8) is 0 Å². The molecule has 2 rings (SSSR count). The van der Waals surface area contributed by atoms with Gasteiger partial charge in [0.2, 0.25) is 0 Å². The van der Waals surface area contributed by atoms with Gasteiger partial charge in [-0.3, -0.25) is 0 Å². The van der Waals surface area contributed by atoms with Gasteiger partial charge in [0.15, 0.2) is 0 Å². The van der Waals surface area contributed by atoms with E-state index in [1.54, 1.807) is 0 Å². The highest BCUT2D eigenvalue weighted by atomic mass is 35.5. The molecule has 0 bridgehead atoms. The third-order valence-electron chi connectivity index (χ3n) is 4.04. The number of hydrogen-bond acceptors (Lipinski definition) is 3. The van der Waals surface area contributed by atoms with Crippen molar-refractivity contribution in [1.29, 1.82) is 0 Å². The van der Waals surface area contributed by atoms with E-state index in [0.717, 1.165) is 31.4 Å². The summed E-state index contributed by atoms with van der Waals surface area (Å²) in [6.07, 6.45) is 7.61. The van der Waals surface area contributed by atoms with Crippen molar-refractivity contribution in [2.24, 2.45) is 5.16 Å². The minimum Gasteiger partial charge on any atom is -0.411 e. The lowest BCUT2D eigenvalue weighted by Gasteiger charge is -2.53. The molecule has 0 amide bonds. The molecule has 1 spiro atoms.